The van der Waals surface area contributed by atoms with Gasteiger partial charge in [-0.15, -0.1) is 0 Å². The highest BCUT2D eigenvalue weighted by molar-refractivity contribution is 5.93. The Morgan fingerprint density at radius 2 is 2.00 bits per heavy atom. The van der Waals surface area contributed by atoms with Crippen LogP contribution in [-0.4, -0.2) is 46.5 Å². The van der Waals surface area contributed by atoms with Gasteiger partial charge in [0, 0.05) is 32.0 Å². The quantitative estimate of drug-likeness (QED) is 0.394. The molecule has 0 bridgehead atoms. The largest absolute Gasteiger partial charge is 0.493 e. The molecule has 23 heavy (non-hydrogen) atoms. The number of guanidine groups is 1. The number of nitrogens with zero attached hydrogens (tertiary/aromatic N) is 1. The Morgan fingerprint density at radius 1 is 1.17 bits per heavy atom. The first-order chi connectivity index (χ1) is 11.2. The lowest BCUT2D eigenvalue weighted by Crippen LogP contribution is -2.33. The molecule has 0 aromatic heterocycles. The standard InChI is InChI=1S/C17H29N3O3/c1-5-7-11-22-12-10-19-17(18-3)20-14-8-9-15(21-4)16(13-14)23-6-2/h8-9,13H,5-7,10-12H2,1-4H3,(H2,18,19,20). The van der Waals surface area contributed by atoms with Gasteiger partial charge in [0.15, 0.2) is 17.5 Å². The molecule has 0 saturated heterocycles. The molecule has 1 aromatic carbocycles. The van der Waals surface area contributed by atoms with Crippen LogP contribution in [0.1, 0.15) is 26.7 Å². The maximum atomic E-state index is 5.57. The summed E-state index contributed by atoms with van der Waals surface area (Å²) in [5, 5.41) is 6.45. The van der Waals surface area contributed by atoms with Crippen LogP contribution in [-0.2, 0) is 4.74 Å². The van der Waals surface area contributed by atoms with Crippen molar-refractivity contribution >= 4 is 11.6 Å². The topological polar surface area (TPSA) is 64.1 Å². The number of methoxy groups -OCH3 is 1. The molecular formula is C17H29N3O3. The van der Waals surface area contributed by atoms with E-state index in [9.17, 15) is 0 Å². The summed E-state index contributed by atoms with van der Waals surface area (Å²) in [6.45, 7) is 6.85. The van der Waals surface area contributed by atoms with E-state index in [-0.39, 0.29) is 0 Å². The molecule has 0 aliphatic heterocycles. The second-order valence-electron chi connectivity index (χ2n) is 4.89. The van der Waals surface area contributed by atoms with Crippen LogP contribution in [0.2, 0.25) is 0 Å². The fraction of sp³-hybridized carbons (Fsp3) is 0.588. The molecule has 0 aliphatic carbocycles. The highest BCUT2D eigenvalue weighted by Gasteiger charge is 2.06. The zero-order chi connectivity index (χ0) is 16.9. The average molecular weight is 323 g/mol. The summed E-state index contributed by atoms with van der Waals surface area (Å²) in [6.07, 6.45) is 2.25. The molecule has 0 spiro atoms. The number of hydrogen-bond donors (Lipinski definition) is 2. The first-order valence-electron chi connectivity index (χ1n) is 8.11. The second kappa shape index (κ2) is 11.6. The van der Waals surface area contributed by atoms with Crippen molar-refractivity contribution in [1.82, 2.24) is 5.32 Å². The van der Waals surface area contributed by atoms with Crippen molar-refractivity contribution in [3.05, 3.63) is 18.2 Å². The third kappa shape index (κ3) is 7.23. The van der Waals surface area contributed by atoms with Gasteiger partial charge in [-0.1, -0.05) is 13.3 Å². The third-order valence-corrected chi connectivity index (χ3v) is 3.13. The molecule has 1 aromatic rings. The molecule has 130 valence electrons. The van der Waals surface area contributed by atoms with E-state index in [0.29, 0.717) is 37.2 Å². The van der Waals surface area contributed by atoms with Crippen molar-refractivity contribution in [1.29, 1.82) is 0 Å². The lowest BCUT2D eigenvalue weighted by atomic mass is 10.2. The number of nitrogens with one attached hydrogen (secondary N) is 2. The molecule has 0 saturated carbocycles. The Balaban J connectivity index is 2.50. The van der Waals surface area contributed by atoms with Crippen LogP contribution in [0.25, 0.3) is 0 Å². The van der Waals surface area contributed by atoms with E-state index >= 15 is 0 Å². The van der Waals surface area contributed by atoms with Crippen LogP contribution in [0, 0.1) is 0 Å². The summed E-state index contributed by atoms with van der Waals surface area (Å²) in [5.74, 6) is 2.11. The first kappa shape index (κ1) is 19.1. The minimum atomic E-state index is 0.585. The molecule has 6 heteroatoms. The van der Waals surface area contributed by atoms with Gasteiger partial charge >= 0.3 is 0 Å². The van der Waals surface area contributed by atoms with E-state index in [1.807, 2.05) is 25.1 Å². The third-order valence-electron chi connectivity index (χ3n) is 3.13. The number of anilines is 1. The Labute approximate surface area is 139 Å². The Bertz CT molecular complexity index is 478. The SMILES string of the molecule is CCCCOCCNC(=NC)Nc1ccc(OC)c(OCC)c1. The number of ether oxygens (including phenoxy) is 3. The lowest BCUT2D eigenvalue weighted by molar-refractivity contribution is 0.136. The lowest BCUT2D eigenvalue weighted by Gasteiger charge is -2.14. The van der Waals surface area contributed by atoms with Gasteiger partial charge in [-0.3, -0.25) is 4.99 Å². The van der Waals surface area contributed by atoms with Gasteiger partial charge in [0.2, 0.25) is 0 Å². The first-order valence-corrected chi connectivity index (χ1v) is 8.11. The number of unbranched alkanes of at least 4 members (excludes halogenated alkanes) is 1. The van der Waals surface area contributed by atoms with E-state index in [4.69, 9.17) is 14.2 Å². The fourth-order valence-corrected chi connectivity index (χ4v) is 1.93. The van der Waals surface area contributed by atoms with Gasteiger partial charge in [-0.05, 0) is 25.5 Å². The van der Waals surface area contributed by atoms with Crippen molar-refractivity contribution in [2.45, 2.75) is 26.7 Å². The zero-order valence-corrected chi connectivity index (χ0v) is 14.6. The fourth-order valence-electron chi connectivity index (χ4n) is 1.93. The van der Waals surface area contributed by atoms with Crippen molar-refractivity contribution in [3.63, 3.8) is 0 Å². The van der Waals surface area contributed by atoms with Gasteiger partial charge in [0.25, 0.3) is 0 Å². The molecule has 2 N–H and O–H groups in total. The molecule has 0 fully saturated rings. The maximum Gasteiger partial charge on any atom is 0.195 e. The van der Waals surface area contributed by atoms with Crippen LogP contribution < -0.4 is 20.1 Å². The van der Waals surface area contributed by atoms with Crippen LogP contribution >= 0.6 is 0 Å². The summed E-state index contributed by atoms with van der Waals surface area (Å²) in [5.41, 5.74) is 0.884. The predicted molar refractivity (Wildman–Crippen MR) is 94.9 cm³/mol. The normalized spacial score (nSPS) is 11.2. The Kier molecular flexibility index (Phi) is 9.63. The molecule has 0 aliphatic rings. The minimum absolute atomic E-state index is 0.585. The van der Waals surface area contributed by atoms with E-state index in [1.54, 1.807) is 14.2 Å². The average Bonchev–Trinajstić information content (AvgIpc) is 2.57. The molecular weight excluding hydrogens is 294 g/mol. The van der Waals surface area contributed by atoms with Gasteiger partial charge < -0.3 is 24.8 Å². The summed E-state index contributed by atoms with van der Waals surface area (Å²) in [4.78, 5) is 4.20. The van der Waals surface area contributed by atoms with Gasteiger partial charge in [0.05, 0.1) is 20.3 Å². The van der Waals surface area contributed by atoms with Crippen molar-refractivity contribution in [3.8, 4) is 11.5 Å². The summed E-state index contributed by atoms with van der Waals surface area (Å²) in [6, 6.07) is 5.69. The highest BCUT2D eigenvalue weighted by atomic mass is 16.5. The van der Waals surface area contributed by atoms with Crippen LogP contribution in [0.15, 0.2) is 23.2 Å². The van der Waals surface area contributed by atoms with E-state index in [2.05, 4.69) is 22.5 Å². The monoisotopic (exact) mass is 323 g/mol. The van der Waals surface area contributed by atoms with Crippen molar-refractivity contribution in [2.24, 2.45) is 4.99 Å². The van der Waals surface area contributed by atoms with Crippen molar-refractivity contribution < 1.29 is 14.2 Å². The van der Waals surface area contributed by atoms with Crippen LogP contribution in [0.4, 0.5) is 5.69 Å². The second-order valence-corrected chi connectivity index (χ2v) is 4.89. The summed E-state index contributed by atoms with van der Waals surface area (Å²) in [7, 11) is 3.37. The maximum absolute atomic E-state index is 5.57. The molecule has 0 unspecified atom stereocenters. The zero-order valence-electron chi connectivity index (χ0n) is 14.6. The number of benzene rings is 1. The Morgan fingerprint density at radius 3 is 2.65 bits per heavy atom. The van der Waals surface area contributed by atoms with Gasteiger partial charge in [-0.25, -0.2) is 0 Å². The predicted octanol–water partition coefficient (Wildman–Crippen LogP) is 2.90. The number of hydrogen-bond acceptors (Lipinski definition) is 4. The van der Waals surface area contributed by atoms with Gasteiger partial charge in [0.1, 0.15) is 0 Å². The molecule has 0 radical (unpaired) electrons. The van der Waals surface area contributed by atoms with Crippen LogP contribution in [0.5, 0.6) is 11.5 Å². The van der Waals surface area contributed by atoms with Crippen LogP contribution in [0.3, 0.4) is 0 Å². The molecule has 6 nitrogen and oxygen atoms in total. The molecule has 1 rings (SSSR count). The summed E-state index contributed by atoms with van der Waals surface area (Å²) < 4.78 is 16.4. The molecule has 0 heterocycles. The summed E-state index contributed by atoms with van der Waals surface area (Å²) >= 11 is 0. The minimum Gasteiger partial charge on any atom is -0.493 e. The van der Waals surface area contributed by atoms with E-state index in [0.717, 1.165) is 25.1 Å². The number of aliphatic imine (C=N–C) groups is 1. The molecule has 0 amide bonds. The molecule has 0 atom stereocenters. The highest BCUT2D eigenvalue weighted by Crippen LogP contribution is 2.30. The van der Waals surface area contributed by atoms with Crippen molar-refractivity contribution in [2.75, 3.05) is 45.8 Å². The number of rotatable bonds is 10. The van der Waals surface area contributed by atoms with E-state index < -0.39 is 0 Å². The smallest absolute Gasteiger partial charge is 0.195 e. The van der Waals surface area contributed by atoms with Gasteiger partial charge in [-0.2, -0.15) is 0 Å². The Hall–Kier alpha value is -1.95. The van der Waals surface area contributed by atoms with E-state index in [1.165, 1.54) is 0 Å².